The third-order valence-corrected chi connectivity index (χ3v) is 7.60. The molecule has 10 nitrogen and oxygen atoms in total. The van der Waals surface area contributed by atoms with E-state index in [-0.39, 0.29) is 37.5 Å². The van der Waals surface area contributed by atoms with Crippen LogP contribution in [-0.2, 0) is 32.1 Å². The smallest absolute Gasteiger partial charge is 0.314 e. The van der Waals surface area contributed by atoms with Crippen LogP contribution in [0.3, 0.4) is 0 Å². The van der Waals surface area contributed by atoms with Gasteiger partial charge in [0.05, 0.1) is 19.1 Å². The van der Waals surface area contributed by atoms with E-state index in [2.05, 4.69) is 20.5 Å². The number of carbonyl (C=O) groups is 3. The summed E-state index contributed by atoms with van der Waals surface area (Å²) in [6.45, 7) is 4.46. The normalized spacial score (nSPS) is 21.4. The summed E-state index contributed by atoms with van der Waals surface area (Å²) in [4.78, 5) is 45.6. The molecule has 1 aliphatic heterocycles. The minimum absolute atomic E-state index is 0.0935. The van der Waals surface area contributed by atoms with Crippen LogP contribution in [0.2, 0.25) is 0 Å². The van der Waals surface area contributed by atoms with Crippen LogP contribution in [0.1, 0.15) is 50.2 Å². The van der Waals surface area contributed by atoms with E-state index < -0.39 is 5.41 Å². The molecule has 1 saturated carbocycles. The Labute approximate surface area is 242 Å². The molecular weight excluding hydrogens is 524 g/mol. The molecular formula is C31H42N4O6. The summed E-state index contributed by atoms with van der Waals surface area (Å²) >= 11 is 0. The summed E-state index contributed by atoms with van der Waals surface area (Å²) in [5.41, 5.74) is 0.991. The Bertz CT molecular complexity index is 1170. The highest BCUT2D eigenvalue weighted by Gasteiger charge is 2.44. The molecule has 2 heterocycles. The number of hydrogen-bond donors (Lipinski definition) is 2. The second kappa shape index (κ2) is 14.8. The van der Waals surface area contributed by atoms with Gasteiger partial charge in [-0.3, -0.25) is 24.3 Å². The lowest BCUT2D eigenvalue weighted by Gasteiger charge is -2.32. The van der Waals surface area contributed by atoms with Gasteiger partial charge in [0.15, 0.2) is 18.1 Å². The number of ether oxygens (including phenoxy) is 3. The van der Waals surface area contributed by atoms with Crippen molar-refractivity contribution in [2.45, 2.75) is 52.0 Å². The average Bonchev–Trinajstić information content (AvgIpc) is 3.79. The standard InChI is InChI=1S/C31H42N4O6/c1-3-40-30(38)31(17-23-8-9-23)18-24-10-11-26(39-2)27(16-24)41-21-29(37)33-13-15-35(14-5-7-28(36)34-22-31)20-25-6-4-12-32-19-25/h4,6,10-12,16,19,23H,3,5,7-9,13-15,17-18,20-22H2,1-2H3,(H,33,37)(H,34,36). The fourth-order valence-corrected chi connectivity index (χ4v) is 5.31. The van der Waals surface area contributed by atoms with Crippen molar-refractivity contribution in [2.75, 3.05) is 46.5 Å². The van der Waals surface area contributed by atoms with E-state index in [4.69, 9.17) is 14.2 Å². The molecule has 1 unspecified atom stereocenters. The van der Waals surface area contributed by atoms with Crippen LogP contribution in [0.25, 0.3) is 0 Å². The first kappa shape index (κ1) is 30.3. The first-order chi connectivity index (χ1) is 19.9. The highest BCUT2D eigenvalue weighted by Crippen LogP contribution is 2.43. The SMILES string of the molecule is CCOC(=O)C1(CC2CC2)CNC(=O)CCCN(Cc2cccnc2)CCNC(=O)COc2cc(ccc2OC)C1. The van der Waals surface area contributed by atoms with Gasteiger partial charge in [-0.15, -0.1) is 0 Å². The molecule has 222 valence electrons. The Kier molecular flexibility index (Phi) is 11.0. The Balaban J connectivity index is 1.58. The average molecular weight is 567 g/mol. The van der Waals surface area contributed by atoms with E-state index >= 15 is 0 Å². The van der Waals surface area contributed by atoms with Gasteiger partial charge in [-0.25, -0.2) is 0 Å². The van der Waals surface area contributed by atoms with Gasteiger partial charge in [0.2, 0.25) is 5.91 Å². The summed E-state index contributed by atoms with van der Waals surface area (Å²) in [5.74, 6) is 0.705. The number of aromatic nitrogens is 1. The van der Waals surface area contributed by atoms with E-state index in [1.165, 1.54) is 0 Å². The quantitative estimate of drug-likeness (QED) is 0.491. The molecule has 2 aromatic rings. The molecule has 2 amide bonds. The van der Waals surface area contributed by atoms with Gasteiger partial charge >= 0.3 is 5.97 Å². The van der Waals surface area contributed by atoms with Crippen molar-refractivity contribution in [2.24, 2.45) is 11.3 Å². The lowest BCUT2D eigenvalue weighted by Crippen LogP contribution is -2.46. The molecule has 1 fully saturated rings. The first-order valence-electron chi connectivity index (χ1n) is 14.5. The molecule has 10 heteroatoms. The largest absolute Gasteiger partial charge is 0.493 e. The van der Waals surface area contributed by atoms with Gasteiger partial charge in [-0.1, -0.05) is 25.0 Å². The number of fused-ring (bicyclic) bond motifs is 2. The number of benzene rings is 1. The van der Waals surface area contributed by atoms with E-state index in [9.17, 15) is 14.4 Å². The summed E-state index contributed by atoms with van der Waals surface area (Å²) in [6, 6.07) is 9.39. The Hall–Kier alpha value is -3.66. The van der Waals surface area contributed by atoms with Gasteiger partial charge in [0.1, 0.15) is 0 Å². The van der Waals surface area contributed by atoms with E-state index in [0.29, 0.717) is 69.3 Å². The van der Waals surface area contributed by atoms with Crippen LogP contribution in [0, 0.1) is 11.3 Å². The van der Waals surface area contributed by atoms with Crippen molar-refractivity contribution < 1.29 is 28.6 Å². The molecule has 1 aromatic carbocycles. The van der Waals surface area contributed by atoms with Crippen molar-refractivity contribution in [1.29, 1.82) is 0 Å². The Morgan fingerprint density at radius 2 is 2.02 bits per heavy atom. The molecule has 1 aliphatic carbocycles. The summed E-state index contributed by atoms with van der Waals surface area (Å²) in [6.07, 6.45) is 7.66. The van der Waals surface area contributed by atoms with Crippen LogP contribution in [0.5, 0.6) is 11.5 Å². The van der Waals surface area contributed by atoms with Gasteiger partial charge in [-0.05, 0) is 68.0 Å². The lowest BCUT2D eigenvalue weighted by molar-refractivity contribution is -0.156. The molecule has 1 atom stereocenters. The fraction of sp³-hybridized carbons (Fsp3) is 0.548. The minimum Gasteiger partial charge on any atom is -0.493 e. The van der Waals surface area contributed by atoms with Crippen molar-refractivity contribution in [3.05, 3.63) is 53.9 Å². The third kappa shape index (κ3) is 9.18. The second-order valence-corrected chi connectivity index (χ2v) is 11.0. The Morgan fingerprint density at radius 1 is 1.17 bits per heavy atom. The number of esters is 1. The van der Waals surface area contributed by atoms with Crippen molar-refractivity contribution in [3.8, 4) is 11.5 Å². The van der Waals surface area contributed by atoms with Gasteiger partial charge in [-0.2, -0.15) is 0 Å². The van der Waals surface area contributed by atoms with Crippen LogP contribution >= 0.6 is 0 Å². The number of nitrogens with zero attached hydrogens (tertiary/aromatic N) is 2. The van der Waals surface area contributed by atoms with Crippen molar-refractivity contribution >= 4 is 17.8 Å². The molecule has 41 heavy (non-hydrogen) atoms. The number of amides is 2. The van der Waals surface area contributed by atoms with E-state index in [1.807, 2.05) is 30.5 Å². The van der Waals surface area contributed by atoms with Crippen LogP contribution in [-0.4, -0.2) is 74.2 Å². The van der Waals surface area contributed by atoms with E-state index in [0.717, 1.165) is 24.0 Å². The fourth-order valence-electron chi connectivity index (χ4n) is 5.31. The van der Waals surface area contributed by atoms with Crippen LogP contribution in [0.4, 0.5) is 0 Å². The molecule has 1 aromatic heterocycles. The zero-order chi connectivity index (χ0) is 29.1. The van der Waals surface area contributed by atoms with Gasteiger partial charge in [0, 0.05) is 45.0 Å². The maximum atomic E-state index is 13.5. The third-order valence-electron chi connectivity index (χ3n) is 7.60. The molecule has 4 rings (SSSR count). The number of pyridine rings is 1. The highest BCUT2D eigenvalue weighted by molar-refractivity contribution is 5.80. The predicted octanol–water partition coefficient (Wildman–Crippen LogP) is 2.89. The Morgan fingerprint density at radius 3 is 2.76 bits per heavy atom. The molecule has 0 radical (unpaired) electrons. The van der Waals surface area contributed by atoms with Gasteiger partial charge in [0.25, 0.3) is 5.91 Å². The van der Waals surface area contributed by atoms with Crippen molar-refractivity contribution in [1.82, 2.24) is 20.5 Å². The monoisotopic (exact) mass is 566 g/mol. The number of hydrogen-bond acceptors (Lipinski definition) is 8. The summed E-state index contributed by atoms with van der Waals surface area (Å²) in [7, 11) is 1.54. The van der Waals surface area contributed by atoms with E-state index in [1.54, 1.807) is 26.3 Å². The maximum Gasteiger partial charge on any atom is 0.314 e. The highest BCUT2D eigenvalue weighted by atomic mass is 16.5. The first-order valence-corrected chi connectivity index (χ1v) is 14.5. The summed E-state index contributed by atoms with van der Waals surface area (Å²) in [5, 5.41) is 5.99. The lowest BCUT2D eigenvalue weighted by atomic mass is 9.76. The number of methoxy groups -OCH3 is 1. The zero-order valence-electron chi connectivity index (χ0n) is 24.2. The van der Waals surface area contributed by atoms with Crippen LogP contribution in [0.15, 0.2) is 42.7 Å². The molecule has 0 saturated heterocycles. The van der Waals surface area contributed by atoms with Gasteiger partial charge < -0.3 is 24.8 Å². The zero-order valence-corrected chi connectivity index (χ0v) is 24.2. The number of carbonyl (C=O) groups excluding carboxylic acids is 3. The number of nitrogens with one attached hydrogen (secondary N) is 2. The predicted molar refractivity (Wildman–Crippen MR) is 153 cm³/mol. The van der Waals surface area contributed by atoms with Crippen molar-refractivity contribution in [3.63, 3.8) is 0 Å². The molecule has 0 spiro atoms. The second-order valence-electron chi connectivity index (χ2n) is 11.0. The molecule has 2 bridgehead atoms. The molecule has 2 aliphatic rings. The molecule has 2 N–H and O–H groups in total. The number of rotatable bonds is 7. The van der Waals surface area contributed by atoms with Crippen LogP contribution < -0.4 is 20.1 Å². The summed E-state index contributed by atoms with van der Waals surface area (Å²) < 4.78 is 16.9. The minimum atomic E-state index is -0.909. The maximum absolute atomic E-state index is 13.5. The topological polar surface area (TPSA) is 119 Å².